The molecule has 0 aliphatic rings. The highest BCUT2D eigenvalue weighted by Crippen LogP contribution is 2.31. The van der Waals surface area contributed by atoms with E-state index < -0.39 is 36.8 Å². The Morgan fingerprint density at radius 3 is 2.50 bits per heavy atom. The number of halogens is 4. The van der Waals surface area contributed by atoms with Gasteiger partial charge in [0, 0.05) is 5.02 Å². The molecule has 5 nitrogen and oxygen atoms in total. The Kier molecular flexibility index (Phi) is 7.28. The summed E-state index contributed by atoms with van der Waals surface area (Å²) in [6, 6.07) is 10.7. The van der Waals surface area contributed by atoms with Crippen LogP contribution in [0.3, 0.4) is 0 Å². The number of benzene rings is 2. The van der Waals surface area contributed by atoms with Gasteiger partial charge in [-0.15, -0.1) is 0 Å². The molecule has 0 aliphatic heterocycles. The number of hydrogen-bond acceptors (Lipinski definition) is 4. The molecule has 0 spiro atoms. The van der Waals surface area contributed by atoms with Gasteiger partial charge in [0.2, 0.25) is 0 Å². The molecule has 0 bridgehead atoms. The van der Waals surface area contributed by atoms with Crippen molar-refractivity contribution in [1.82, 2.24) is 5.32 Å². The van der Waals surface area contributed by atoms with Crippen LogP contribution in [0, 0.1) is 0 Å². The molecule has 0 aromatic heterocycles. The van der Waals surface area contributed by atoms with E-state index in [2.05, 4.69) is 5.32 Å². The van der Waals surface area contributed by atoms with E-state index in [-0.39, 0.29) is 11.8 Å². The first-order chi connectivity index (χ1) is 13.1. The van der Waals surface area contributed by atoms with Crippen molar-refractivity contribution in [2.75, 3.05) is 13.2 Å². The van der Waals surface area contributed by atoms with Gasteiger partial charge >= 0.3 is 12.1 Å². The van der Waals surface area contributed by atoms with Crippen LogP contribution in [-0.4, -0.2) is 25.1 Å². The molecule has 1 amide bonds. The Morgan fingerprint density at radius 1 is 1.11 bits per heavy atom. The van der Waals surface area contributed by atoms with E-state index in [0.717, 1.165) is 23.8 Å². The number of carbonyl (C=O) groups is 2. The summed E-state index contributed by atoms with van der Waals surface area (Å²) in [7, 11) is 0. The molecule has 0 saturated carbocycles. The SMILES string of the molecule is C[C@H](NC(=O)COC(=O)COc1cccc(C(F)(F)F)c1)c1cccc(Cl)c1. The zero-order valence-corrected chi connectivity index (χ0v) is 15.5. The molecule has 0 unspecified atom stereocenters. The number of nitrogens with one attached hydrogen (secondary N) is 1. The van der Waals surface area contributed by atoms with Crippen LogP contribution in [-0.2, 0) is 20.5 Å². The molecule has 2 aromatic carbocycles. The summed E-state index contributed by atoms with van der Waals surface area (Å²) in [6.07, 6.45) is -4.52. The highest BCUT2D eigenvalue weighted by molar-refractivity contribution is 6.30. The van der Waals surface area contributed by atoms with Crippen LogP contribution in [0.5, 0.6) is 5.75 Å². The van der Waals surface area contributed by atoms with Crippen LogP contribution >= 0.6 is 11.6 Å². The fourth-order valence-corrected chi connectivity index (χ4v) is 2.43. The fourth-order valence-electron chi connectivity index (χ4n) is 2.23. The summed E-state index contributed by atoms with van der Waals surface area (Å²) in [5.41, 5.74) is -0.118. The van der Waals surface area contributed by atoms with E-state index >= 15 is 0 Å². The molecule has 150 valence electrons. The Labute approximate surface area is 164 Å². The van der Waals surface area contributed by atoms with E-state index in [4.69, 9.17) is 21.1 Å². The molecule has 0 fully saturated rings. The number of amides is 1. The maximum atomic E-state index is 12.6. The second-order valence-corrected chi connectivity index (χ2v) is 6.26. The number of esters is 1. The first kappa shape index (κ1) is 21.6. The number of alkyl halides is 3. The van der Waals surface area contributed by atoms with Crippen molar-refractivity contribution in [2.45, 2.75) is 19.1 Å². The van der Waals surface area contributed by atoms with Gasteiger partial charge in [-0.05, 0) is 42.8 Å². The van der Waals surface area contributed by atoms with Crippen molar-refractivity contribution in [1.29, 1.82) is 0 Å². The maximum absolute atomic E-state index is 12.6. The molecular weight excluding hydrogens is 399 g/mol. The zero-order chi connectivity index (χ0) is 20.7. The normalized spacial score (nSPS) is 12.2. The van der Waals surface area contributed by atoms with Gasteiger partial charge in [0.05, 0.1) is 11.6 Å². The van der Waals surface area contributed by atoms with Gasteiger partial charge in [0.1, 0.15) is 5.75 Å². The minimum atomic E-state index is -4.52. The monoisotopic (exact) mass is 415 g/mol. The van der Waals surface area contributed by atoms with Gasteiger partial charge in [-0.3, -0.25) is 4.79 Å². The van der Waals surface area contributed by atoms with Crippen molar-refractivity contribution >= 4 is 23.5 Å². The third-order valence-corrected chi connectivity index (χ3v) is 3.84. The van der Waals surface area contributed by atoms with Gasteiger partial charge in [0.25, 0.3) is 5.91 Å². The van der Waals surface area contributed by atoms with Gasteiger partial charge in [-0.2, -0.15) is 13.2 Å². The lowest BCUT2D eigenvalue weighted by molar-refractivity contribution is -0.150. The molecule has 0 saturated heterocycles. The minimum absolute atomic E-state index is 0.134. The van der Waals surface area contributed by atoms with E-state index in [0.29, 0.717) is 5.02 Å². The Bertz CT molecular complexity index is 842. The van der Waals surface area contributed by atoms with Crippen LogP contribution in [0.1, 0.15) is 24.1 Å². The molecule has 2 rings (SSSR count). The van der Waals surface area contributed by atoms with Crippen LogP contribution in [0.15, 0.2) is 48.5 Å². The van der Waals surface area contributed by atoms with Crippen molar-refractivity contribution in [3.63, 3.8) is 0 Å². The van der Waals surface area contributed by atoms with Crippen LogP contribution in [0.2, 0.25) is 5.02 Å². The van der Waals surface area contributed by atoms with E-state index in [9.17, 15) is 22.8 Å². The fraction of sp³-hybridized carbons (Fsp3) is 0.263. The van der Waals surface area contributed by atoms with E-state index in [1.165, 1.54) is 6.07 Å². The Balaban J connectivity index is 1.77. The molecule has 9 heteroatoms. The van der Waals surface area contributed by atoms with Gasteiger partial charge < -0.3 is 14.8 Å². The predicted molar refractivity (Wildman–Crippen MR) is 95.9 cm³/mol. The number of hydrogen-bond donors (Lipinski definition) is 1. The second kappa shape index (κ2) is 9.45. The highest BCUT2D eigenvalue weighted by atomic mass is 35.5. The average Bonchev–Trinajstić information content (AvgIpc) is 2.64. The van der Waals surface area contributed by atoms with Crippen molar-refractivity contribution < 1.29 is 32.2 Å². The maximum Gasteiger partial charge on any atom is 0.416 e. The molecule has 2 aromatic rings. The van der Waals surface area contributed by atoms with Gasteiger partial charge in [-0.25, -0.2) is 4.79 Å². The molecule has 0 heterocycles. The second-order valence-electron chi connectivity index (χ2n) is 5.82. The third-order valence-electron chi connectivity index (χ3n) is 3.61. The molecule has 1 atom stereocenters. The lowest BCUT2D eigenvalue weighted by Crippen LogP contribution is -2.31. The Morgan fingerprint density at radius 2 is 1.82 bits per heavy atom. The summed E-state index contributed by atoms with van der Waals surface area (Å²) in [5, 5.41) is 3.16. The van der Waals surface area contributed by atoms with E-state index in [1.54, 1.807) is 31.2 Å². The third kappa shape index (κ3) is 6.77. The van der Waals surface area contributed by atoms with Crippen molar-refractivity contribution in [2.24, 2.45) is 0 Å². The summed E-state index contributed by atoms with van der Waals surface area (Å²) in [6.45, 7) is 0.566. The smallest absolute Gasteiger partial charge is 0.416 e. The zero-order valence-electron chi connectivity index (χ0n) is 14.8. The summed E-state index contributed by atoms with van der Waals surface area (Å²) in [5.74, 6) is -1.56. The van der Waals surface area contributed by atoms with E-state index in [1.807, 2.05) is 0 Å². The quantitative estimate of drug-likeness (QED) is 0.690. The molecule has 28 heavy (non-hydrogen) atoms. The largest absolute Gasteiger partial charge is 0.482 e. The summed E-state index contributed by atoms with van der Waals surface area (Å²) in [4.78, 5) is 23.5. The first-order valence-corrected chi connectivity index (χ1v) is 8.53. The van der Waals surface area contributed by atoms with Crippen LogP contribution in [0.4, 0.5) is 13.2 Å². The topological polar surface area (TPSA) is 64.6 Å². The standard InChI is InChI=1S/C19H17ClF3NO4/c1-12(13-4-2-6-15(20)8-13)24-17(25)10-28-18(26)11-27-16-7-3-5-14(9-16)19(21,22)23/h2-9,12H,10-11H2,1H3,(H,24,25)/t12-/m0/s1. The summed E-state index contributed by atoms with van der Waals surface area (Å²) < 4.78 is 47.6. The van der Waals surface area contributed by atoms with Gasteiger partial charge in [0.15, 0.2) is 13.2 Å². The lowest BCUT2D eigenvalue weighted by atomic mass is 10.1. The molecule has 1 N–H and O–H groups in total. The number of carbonyl (C=O) groups excluding carboxylic acids is 2. The molecular formula is C19H17ClF3NO4. The van der Waals surface area contributed by atoms with Gasteiger partial charge in [-0.1, -0.05) is 29.8 Å². The number of rotatable bonds is 7. The van der Waals surface area contributed by atoms with Crippen LogP contribution in [0.25, 0.3) is 0 Å². The number of ether oxygens (including phenoxy) is 2. The lowest BCUT2D eigenvalue weighted by Gasteiger charge is -2.15. The highest BCUT2D eigenvalue weighted by Gasteiger charge is 2.30. The predicted octanol–water partition coefficient (Wildman–Crippen LogP) is 4.16. The average molecular weight is 416 g/mol. The van der Waals surface area contributed by atoms with Crippen molar-refractivity contribution in [3.8, 4) is 5.75 Å². The molecule has 0 radical (unpaired) electrons. The van der Waals surface area contributed by atoms with Crippen molar-refractivity contribution in [3.05, 3.63) is 64.7 Å². The molecule has 0 aliphatic carbocycles. The first-order valence-electron chi connectivity index (χ1n) is 8.15. The summed E-state index contributed by atoms with van der Waals surface area (Å²) >= 11 is 5.89. The van der Waals surface area contributed by atoms with Crippen LogP contribution < -0.4 is 10.1 Å². The minimum Gasteiger partial charge on any atom is -0.482 e. The Hall–Kier alpha value is -2.74.